The number of benzene rings is 1. The Morgan fingerprint density at radius 3 is 2.50 bits per heavy atom. The van der Waals surface area contributed by atoms with Crippen molar-refractivity contribution < 1.29 is 13.9 Å². The van der Waals surface area contributed by atoms with Gasteiger partial charge in [0.25, 0.3) is 0 Å². The third-order valence-electron chi connectivity index (χ3n) is 3.75. The normalized spacial score (nSPS) is 17.7. The Morgan fingerprint density at radius 1 is 1.25 bits per heavy atom. The number of piperidine rings is 1. The number of hydrogen-bond acceptors (Lipinski definition) is 3. The highest BCUT2D eigenvalue weighted by molar-refractivity contribution is 5.70. The molecule has 1 aliphatic rings. The van der Waals surface area contributed by atoms with Crippen molar-refractivity contribution in [2.45, 2.75) is 38.6 Å². The molecule has 2 rings (SSSR count). The van der Waals surface area contributed by atoms with Gasteiger partial charge in [0.15, 0.2) is 0 Å². The number of carbonyl (C=O) groups excluding carboxylic acids is 1. The Morgan fingerprint density at radius 2 is 1.90 bits per heavy atom. The van der Waals surface area contributed by atoms with Crippen LogP contribution >= 0.6 is 0 Å². The summed E-state index contributed by atoms with van der Waals surface area (Å²) in [6.45, 7) is 4.18. The van der Waals surface area contributed by atoms with E-state index in [1.807, 2.05) is 6.92 Å². The fourth-order valence-corrected chi connectivity index (χ4v) is 2.75. The summed E-state index contributed by atoms with van der Waals surface area (Å²) < 4.78 is 18.1. The first-order valence-electron chi connectivity index (χ1n) is 7.36. The monoisotopic (exact) mass is 279 g/mol. The van der Waals surface area contributed by atoms with Crippen LogP contribution in [-0.4, -0.2) is 30.6 Å². The van der Waals surface area contributed by atoms with Gasteiger partial charge in [0.1, 0.15) is 5.82 Å². The smallest absolute Gasteiger partial charge is 0.307 e. The predicted octanol–water partition coefficient (Wildman–Crippen LogP) is 3.31. The van der Waals surface area contributed by atoms with Gasteiger partial charge in [-0.25, -0.2) is 4.39 Å². The minimum atomic E-state index is -0.248. The van der Waals surface area contributed by atoms with Crippen molar-refractivity contribution in [3.8, 4) is 0 Å². The van der Waals surface area contributed by atoms with Gasteiger partial charge in [-0.05, 0) is 50.6 Å². The highest BCUT2D eigenvalue weighted by Gasteiger charge is 2.25. The lowest BCUT2D eigenvalue weighted by atomic mass is 9.99. The van der Waals surface area contributed by atoms with Gasteiger partial charge < -0.3 is 4.74 Å². The van der Waals surface area contributed by atoms with Gasteiger partial charge in [-0.3, -0.25) is 9.69 Å². The zero-order valence-corrected chi connectivity index (χ0v) is 12.0. The molecule has 0 unspecified atom stereocenters. The fraction of sp³-hybridized carbons (Fsp3) is 0.562. The lowest BCUT2D eigenvalue weighted by Crippen LogP contribution is -2.35. The summed E-state index contributed by atoms with van der Waals surface area (Å²) >= 11 is 0. The molecule has 0 spiro atoms. The maximum Gasteiger partial charge on any atom is 0.307 e. The molecule has 20 heavy (non-hydrogen) atoms. The summed E-state index contributed by atoms with van der Waals surface area (Å²) in [7, 11) is 0. The van der Waals surface area contributed by atoms with Gasteiger partial charge >= 0.3 is 5.97 Å². The number of likely N-dealkylation sites (tertiary alicyclic amines) is 1. The van der Waals surface area contributed by atoms with E-state index in [1.165, 1.54) is 18.6 Å². The predicted molar refractivity (Wildman–Crippen MR) is 75.8 cm³/mol. The number of ether oxygens (including phenoxy) is 1. The zero-order chi connectivity index (χ0) is 14.4. The standard InChI is InChI=1S/C16H22FNO2/c1-2-20-16(19)12-15(18-10-4-3-5-11-18)13-6-8-14(17)9-7-13/h6-9,15H,2-5,10-12H2,1H3/t15-/m1/s1. The van der Waals surface area contributed by atoms with Crippen molar-refractivity contribution in [1.29, 1.82) is 0 Å². The number of esters is 1. The number of rotatable bonds is 5. The molecular weight excluding hydrogens is 257 g/mol. The first-order valence-corrected chi connectivity index (χ1v) is 7.36. The number of nitrogens with zero attached hydrogens (tertiary/aromatic N) is 1. The molecule has 110 valence electrons. The molecule has 1 saturated heterocycles. The molecule has 0 aliphatic carbocycles. The van der Waals surface area contributed by atoms with Crippen molar-refractivity contribution in [2.24, 2.45) is 0 Å². The maximum atomic E-state index is 13.1. The van der Waals surface area contributed by atoms with Crippen LogP contribution in [-0.2, 0) is 9.53 Å². The van der Waals surface area contributed by atoms with Gasteiger partial charge in [0, 0.05) is 6.04 Å². The molecule has 1 aromatic rings. The van der Waals surface area contributed by atoms with Gasteiger partial charge in [-0.2, -0.15) is 0 Å². The quantitative estimate of drug-likeness (QED) is 0.774. The third kappa shape index (κ3) is 4.04. The minimum absolute atomic E-state index is 0.00468. The Hall–Kier alpha value is -1.42. The highest BCUT2D eigenvalue weighted by atomic mass is 19.1. The van der Waals surface area contributed by atoms with Gasteiger partial charge in [0.2, 0.25) is 0 Å². The highest BCUT2D eigenvalue weighted by Crippen LogP contribution is 2.28. The largest absolute Gasteiger partial charge is 0.466 e. The molecule has 1 fully saturated rings. The summed E-state index contributed by atoms with van der Waals surface area (Å²) in [5.41, 5.74) is 0.987. The van der Waals surface area contributed by atoms with Gasteiger partial charge in [-0.1, -0.05) is 18.6 Å². The Bertz CT molecular complexity index is 427. The van der Waals surface area contributed by atoms with Crippen LogP contribution in [0, 0.1) is 5.82 Å². The molecule has 0 aromatic heterocycles. The van der Waals surface area contributed by atoms with Gasteiger partial charge in [-0.15, -0.1) is 0 Å². The van der Waals surface area contributed by atoms with E-state index in [-0.39, 0.29) is 17.8 Å². The lowest BCUT2D eigenvalue weighted by molar-refractivity contribution is -0.144. The van der Waals surface area contributed by atoms with Crippen molar-refractivity contribution >= 4 is 5.97 Å². The van der Waals surface area contributed by atoms with E-state index in [0.717, 1.165) is 31.5 Å². The van der Waals surface area contributed by atoms with Crippen LogP contribution in [0.3, 0.4) is 0 Å². The molecule has 0 saturated carbocycles. The Balaban J connectivity index is 2.13. The topological polar surface area (TPSA) is 29.5 Å². The first-order chi connectivity index (χ1) is 9.70. The summed E-state index contributed by atoms with van der Waals surface area (Å²) in [5.74, 6) is -0.435. The van der Waals surface area contributed by atoms with Crippen LogP contribution < -0.4 is 0 Å². The second-order valence-electron chi connectivity index (χ2n) is 5.17. The second-order valence-corrected chi connectivity index (χ2v) is 5.17. The molecule has 1 aliphatic heterocycles. The van der Waals surface area contributed by atoms with E-state index < -0.39 is 0 Å². The lowest BCUT2D eigenvalue weighted by Gasteiger charge is -2.34. The van der Waals surface area contributed by atoms with E-state index in [2.05, 4.69) is 4.90 Å². The van der Waals surface area contributed by atoms with Crippen molar-refractivity contribution in [1.82, 2.24) is 4.90 Å². The molecular formula is C16H22FNO2. The van der Waals surface area contributed by atoms with E-state index in [9.17, 15) is 9.18 Å². The number of halogens is 1. The minimum Gasteiger partial charge on any atom is -0.466 e. The third-order valence-corrected chi connectivity index (χ3v) is 3.75. The summed E-state index contributed by atoms with van der Waals surface area (Å²) in [5, 5.41) is 0. The van der Waals surface area contributed by atoms with Crippen LogP contribution in [0.4, 0.5) is 4.39 Å². The summed E-state index contributed by atoms with van der Waals surface area (Å²) in [6.07, 6.45) is 3.88. The number of hydrogen-bond donors (Lipinski definition) is 0. The Kier molecular flexibility index (Phi) is 5.53. The molecule has 1 aromatic carbocycles. The van der Waals surface area contributed by atoms with Crippen molar-refractivity contribution in [2.75, 3.05) is 19.7 Å². The molecule has 1 atom stereocenters. The van der Waals surface area contributed by atoms with E-state index in [4.69, 9.17) is 4.74 Å². The second kappa shape index (κ2) is 7.39. The van der Waals surface area contributed by atoms with E-state index >= 15 is 0 Å². The molecule has 0 radical (unpaired) electrons. The number of carbonyl (C=O) groups is 1. The molecule has 0 bridgehead atoms. The summed E-state index contributed by atoms with van der Waals surface area (Å²) in [6, 6.07) is 6.45. The molecule has 3 nitrogen and oxygen atoms in total. The van der Waals surface area contributed by atoms with Gasteiger partial charge in [0.05, 0.1) is 13.0 Å². The van der Waals surface area contributed by atoms with Crippen LogP contribution in [0.5, 0.6) is 0 Å². The average Bonchev–Trinajstić information content (AvgIpc) is 2.47. The van der Waals surface area contributed by atoms with Crippen LogP contribution in [0.25, 0.3) is 0 Å². The molecule has 0 amide bonds. The van der Waals surface area contributed by atoms with Crippen molar-refractivity contribution in [3.05, 3.63) is 35.6 Å². The first kappa shape index (κ1) is 15.0. The van der Waals surface area contributed by atoms with E-state index in [0.29, 0.717) is 13.0 Å². The molecule has 0 N–H and O–H groups in total. The van der Waals surface area contributed by atoms with E-state index in [1.54, 1.807) is 12.1 Å². The fourth-order valence-electron chi connectivity index (χ4n) is 2.75. The van der Waals surface area contributed by atoms with Crippen LogP contribution in [0.2, 0.25) is 0 Å². The molecule has 4 heteroatoms. The van der Waals surface area contributed by atoms with Crippen LogP contribution in [0.15, 0.2) is 24.3 Å². The van der Waals surface area contributed by atoms with Crippen LogP contribution in [0.1, 0.15) is 44.2 Å². The Labute approximate surface area is 119 Å². The maximum absolute atomic E-state index is 13.1. The average molecular weight is 279 g/mol. The SMILES string of the molecule is CCOC(=O)C[C@H](c1ccc(F)cc1)N1CCCCC1. The van der Waals surface area contributed by atoms with Crippen molar-refractivity contribution in [3.63, 3.8) is 0 Å². The molecule has 1 heterocycles. The zero-order valence-electron chi connectivity index (χ0n) is 12.0. The summed E-state index contributed by atoms with van der Waals surface area (Å²) in [4.78, 5) is 14.1.